The van der Waals surface area contributed by atoms with Crippen molar-refractivity contribution in [2.45, 2.75) is 39.3 Å². The minimum absolute atomic E-state index is 0.330. The number of fused-ring (bicyclic) bond motifs is 1. The lowest BCUT2D eigenvalue weighted by Gasteiger charge is -2.24. The molecule has 2 aromatic heterocycles. The van der Waals surface area contributed by atoms with Gasteiger partial charge in [0.15, 0.2) is 6.17 Å². The molecule has 4 rings (SSSR count). The van der Waals surface area contributed by atoms with Gasteiger partial charge in [-0.3, -0.25) is 0 Å². The van der Waals surface area contributed by atoms with E-state index < -0.39 is 6.17 Å². The molecular weight excluding hydrogens is 360 g/mol. The molecule has 0 radical (unpaired) electrons. The van der Waals surface area contributed by atoms with Crippen LogP contribution < -0.4 is 0 Å². The number of hydrogen-bond donors (Lipinski definition) is 1. The number of allylic oxidation sites excluding steroid dienone is 8. The van der Waals surface area contributed by atoms with E-state index in [4.69, 9.17) is 10.2 Å². The van der Waals surface area contributed by atoms with E-state index in [1.165, 1.54) is 0 Å². The molecule has 1 atom stereocenters. The molecule has 2 aromatic rings. The van der Waals surface area contributed by atoms with E-state index in [1.54, 1.807) is 0 Å². The van der Waals surface area contributed by atoms with E-state index in [0.717, 1.165) is 40.9 Å². The number of aliphatic hydroxyl groups excluding tert-OH is 1. The Kier molecular flexibility index (Phi) is 5.47. The summed E-state index contributed by atoms with van der Waals surface area (Å²) in [5.41, 5.74) is 4.96. The highest BCUT2D eigenvalue weighted by Gasteiger charge is 2.27. The van der Waals surface area contributed by atoms with Crippen molar-refractivity contribution in [1.82, 2.24) is 19.6 Å². The first-order valence-electron chi connectivity index (χ1n) is 10.1. The summed E-state index contributed by atoms with van der Waals surface area (Å²) in [6, 6.07) is 0. The summed E-state index contributed by atoms with van der Waals surface area (Å²) in [5.74, 6) is 0.330. The van der Waals surface area contributed by atoms with Gasteiger partial charge in [-0.1, -0.05) is 55.5 Å². The van der Waals surface area contributed by atoms with Gasteiger partial charge in [0, 0.05) is 17.6 Å². The SMILES string of the molecule is CC/C=C\c1c(C)cnn1C(C1=C(O)CC=CC=C1)n1ncc2c1C=CCC=C2. The third-order valence-corrected chi connectivity index (χ3v) is 5.16. The fourth-order valence-corrected chi connectivity index (χ4v) is 3.66. The second-order valence-electron chi connectivity index (χ2n) is 7.21. The van der Waals surface area contributed by atoms with Crippen molar-refractivity contribution in [3.05, 3.63) is 88.8 Å². The van der Waals surface area contributed by atoms with Gasteiger partial charge in [0.05, 0.1) is 23.8 Å². The first-order valence-corrected chi connectivity index (χ1v) is 10.1. The molecule has 0 saturated carbocycles. The molecule has 2 aliphatic carbocycles. The molecular formula is C24H26N4O. The van der Waals surface area contributed by atoms with E-state index in [1.807, 2.05) is 46.1 Å². The van der Waals surface area contributed by atoms with Crippen LogP contribution in [0.2, 0.25) is 0 Å². The second-order valence-corrected chi connectivity index (χ2v) is 7.21. The van der Waals surface area contributed by atoms with Gasteiger partial charge < -0.3 is 5.11 Å². The lowest BCUT2D eigenvalue weighted by molar-refractivity contribution is 0.355. The van der Waals surface area contributed by atoms with Crippen LogP contribution in [0.25, 0.3) is 18.2 Å². The van der Waals surface area contributed by atoms with E-state index in [-0.39, 0.29) is 0 Å². The lowest BCUT2D eigenvalue weighted by atomic mass is 10.1. The highest BCUT2D eigenvalue weighted by molar-refractivity contribution is 5.65. The largest absolute Gasteiger partial charge is 0.512 e. The van der Waals surface area contributed by atoms with Gasteiger partial charge >= 0.3 is 0 Å². The Labute approximate surface area is 171 Å². The molecule has 0 amide bonds. The summed E-state index contributed by atoms with van der Waals surface area (Å²) in [4.78, 5) is 0. The molecule has 0 fully saturated rings. The van der Waals surface area contributed by atoms with Crippen LogP contribution in [-0.2, 0) is 0 Å². The van der Waals surface area contributed by atoms with Crippen LogP contribution in [0.1, 0.15) is 54.9 Å². The highest BCUT2D eigenvalue weighted by atomic mass is 16.3. The van der Waals surface area contributed by atoms with Crippen molar-refractivity contribution >= 4 is 18.2 Å². The number of rotatable bonds is 5. The summed E-state index contributed by atoms with van der Waals surface area (Å²) in [6.45, 7) is 4.17. The average Bonchev–Trinajstić information content (AvgIpc) is 3.09. The zero-order valence-electron chi connectivity index (χ0n) is 16.9. The van der Waals surface area contributed by atoms with Crippen LogP contribution in [0.5, 0.6) is 0 Å². The van der Waals surface area contributed by atoms with Gasteiger partial charge in [-0.05, 0) is 37.5 Å². The number of aliphatic hydroxyl groups is 1. The Morgan fingerprint density at radius 3 is 2.76 bits per heavy atom. The summed E-state index contributed by atoms with van der Waals surface area (Å²) < 4.78 is 3.91. The second kappa shape index (κ2) is 8.35. The predicted molar refractivity (Wildman–Crippen MR) is 118 cm³/mol. The highest BCUT2D eigenvalue weighted by Crippen LogP contribution is 2.31. The minimum Gasteiger partial charge on any atom is -0.512 e. The zero-order chi connectivity index (χ0) is 20.2. The Balaban J connectivity index is 1.95. The molecule has 5 heteroatoms. The number of aromatic nitrogens is 4. The van der Waals surface area contributed by atoms with Gasteiger partial charge in [0.1, 0.15) is 5.76 Å². The molecule has 0 bridgehead atoms. The van der Waals surface area contributed by atoms with Gasteiger partial charge in [0.25, 0.3) is 0 Å². The standard InChI is InChI=1S/C24H26N4O/c1-3-4-13-21-18(2)16-25-27(21)24(20-12-8-6-10-15-23(20)29)28-22-14-9-5-7-11-19(22)17-26-28/h4,6-14,16-17,24,29H,3,5,15H2,1-2H3/b13-4-. The third-order valence-electron chi connectivity index (χ3n) is 5.16. The molecule has 2 aliphatic rings. The van der Waals surface area contributed by atoms with Gasteiger partial charge in [-0.2, -0.15) is 10.2 Å². The monoisotopic (exact) mass is 386 g/mol. The number of aryl methyl sites for hydroxylation is 1. The van der Waals surface area contributed by atoms with Crippen LogP contribution in [0.3, 0.4) is 0 Å². The van der Waals surface area contributed by atoms with Crippen LogP contribution in [0.4, 0.5) is 0 Å². The molecule has 2 heterocycles. The molecule has 0 aliphatic heterocycles. The Hall–Kier alpha value is -3.34. The van der Waals surface area contributed by atoms with Crippen LogP contribution in [0.15, 0.2) is 66.3 Å². The fourth-order valence-electron chi connectivity index (χ4n) is 3.66. The van der Waals surface area contributed by atoms with Gasteiger partial charge in [-0.15, -0.1) is 0 Å². The third kappa shape index (κ3) is 3.68. The molecule has 0 saturated heterocycles. The summed E-state index contributed by atoms with van der Waals surface area (Å²) in [7, 11) is 0. The van der Waals surface area contributed by atoms with Crippen molar-refractivity contribution in [1.29, 1.82) is 0 Å². The smallest absolute Gasteiger partial charge is 0.173 e. The van der Waals surface area contributed by atoms with Crippen LogP contribution >= 0.6 is 0 Å². The van der Waals surface area contributed by atoms with Crippen molar-refractivity contribution in [2.75, 3.05) is 0 Å². The Morgan fingerprint density at radius 1 is 1.07 bits per heavy atom. The Morgan fingerprint density at radius 2 is 1.90 bits per heavy atom. The molecule has 148 valence electrons. The maximum atomic E-state index is 10.9. The van der Waals surface area contributed by atoms with Crippen molar-refractivity contribution in [2.24, 2.45) is 0 Å². The van der Waals surface area contributed by atoms with Crippen LogP contribution in [0, 0.1) is 6.92 Å². The molecule has 0 spiro atoms. The molecule has 0 aromatic carbocycles. The zero-order valence-corrected chi connectivity index (χ0v) is 16.9. The van der Waals surface area contributed by atoms with E-state index in [2.05, 4.69) is 50.3 Å². The maximum absolute atomic E-state index is 10.9. The molecule has 1 N–H and O–H groups in total. The summed E-state index contributed by atoms with van der Waals surface area (Å²) in [6.07, 6.45) is 26.2. The maximum Gasteiger partial charge on any atom is 0.173 e. The normalized spacial score (nSPS) is 17.0. The molecule has 5 nitrogen and oxygen atoms in total. The summed E-state index contributed by atoms with van der Waals surface area (Å²) in [5, 5.41) is 20.3. The van der Waals surface area contributed by atoms with Crippen LogP contribution in [-0.4, -0.2) is 24.7 Å². The van der Waals surface area contributed by atoms with Gasteiger partial charge in [-0.25, -0.2) is 9.36 Å². The summed E-state index contributed by atoms with van der Waals surface area (Å²) >= 11 is 0. The topological polar surface area (TPSA) is 55.9 Å². The van der Waals surface area contributed by atoms with Crippen molar-refractivity contribution in [3.8, 4) is 0 Å². The first-order chi connectivity index (χ1) is 14.2. The minimum atomic E-state index is -0.392. The number of hydrogen-bond acceptors (Lipinski definition) is 3. The van der Waals surface area contributed by atoms with Gasteiger partial charge in [0.2, 0.25) is 0 Å². The molecule has 29 heavy (non-hydrogen) atoms. The lowest BCUT2D eigenvalue weighted by Crippen LogP contribution is -2.25. The fraction of sp³-hybridized carbons (Fsp3) is 0.250. The Bertz CT molecular complexity index is 1070. The van der Waals surface area contributed by atoms with E-state index >= 15 is 0 Å². The van der Waals surface area contributed by atoms with E-state index in [9.17, 15) is 5.11 Å². The first kappa shape index (κ1) is 19.0. The number of nitrogens with zero attached hydrogens (tertiary/aromatic N) is 4. The predicted octanol–water partition coefficient (Wildman–Crippen LogP) is 5.62. The van der Waals surface area contributed by atoms with E-state index in [0.29, 0.717) is 12.2 Å². The average molecular weight is 386 g/mol. The quantitative estimate of drug-likeness (QED) is 0.726. The van der Waals surface area contributed by atoms with Crippen molar-refractivity contribution in [3.63, 3.8) is 0 Å². The molecule has 1 unspecified atom stereocenters. The van der Waals surface area contributed by atoms with Crippen molar-refractivity contribution < 1.29 is 5.11 Å².